The molecule has 0 aliphatic carbocycles. The van der Waals surface area contributed by atoms with Crippen molar-refractivity contribution in [2.75, 3.05) is 13.7 Å². The Hall–Kier alpha value is -0.0800. The van der Waals surface area contributed by atoms with Crippen LogP contribution in [0.1, 0.15) is 27.2 Å². The fraction of sp³-hybridized carbons (Fsp3) is 1.00. The summed E-state index contributed by atoms with van der Waals surface area (Å²) < 4.78 is 11.0. The zero-order valence-corrected chi connectivity index (χ0v) is 7.89. The maximum atomic E-state index is 5.51. The van der Waals surface area contributed by atoms with Gasteiger partial charge in [-0.2, -0.15) is 0 Å². The molecule has 66 valence electrons. The van der Waals surface area contributed by atoms with Crippen molar-refractivity contribution in [2.45, 2.75) is 38.9 Å². The molecule has 11 heavy (non-hydrogen) atoms. The maximum absolute atomic E-state index is 5.51. The van der Waals surface area contributed by atoms with Gasteiger partial charge in [-0.05, 0) is 20.3 Å². The van der Waals surface area contributed by atoms with E-state index in [9.17, 15) is 0 Å². The summed E-state index contributed by atoms with van der Waals surface area (Å²) in [7, 11) is 1.79. The third-order valence-electron chi connectivity index (χ3n) is 3.11. The van der Waals surface area contributed by atoms with Gasteiger partial charge in [0.15, 0.2) is 0 Å². The molecule has 2 heteroatoms. The molecular weight excluding hydrogens is 140 g/mol. The molecule has 0 amide bonds. The Kier molecular flexibility index (Phi) is 2.55. The lowest BCUT2D eigenvalue weighted by Gasteiger charge is -2.42. The minimum absolute atomic E-state index is 0.0255. The lowest BCUT2D eigenvalue weighted by Crippen LogP contribution is -2.46. The van der Waals surface area contributed by atoms with Gasteiger partial charge >= 0.3 is 0 Å². The first-order valence-electron chi connectivity index (χ1n) is 4.27. The van der Waals surface area contributed by atoms with Crippen LogP contribution in [-0.4, -0.2) is 25.4 Å². The standard InChI is InChI=1S/C9H18O2/c1-7-8(2)11-6-5-9(7,3)10-4/h7-8H,5-6H2,1-4H3/t7?,8-,9+/m0/s1. The Morgan fingerprint density at radius 1 is 1.45 bits per heavy atom. The minimum atomic E-state index is 0.0255. The summed E-state index contributed by atoms with van der Waals surface area (Å²) >= 11 is 0. The van der Waals surface area contributed by atoms with E-state index in [2.05, 4.69) is 20.8 Å². The molecule has 1 unspecified atom stereocenters. The first-order valence-corrected chi connectivity index (χ1v) is 4.27. The molecule has 0 saturated carbocycles. The topological polar surface area (TPSA) is 18.5 Å². The molecule has 2 nitrogen and oxygen atoms in total. The Labute approximate surface area is 68.9 Å². The summed E-state index contributed by atoms with van der Waals surface area (Å²) in [5.41, 5.74) is 0.0255. The van der Waals surface area contributed by atoms with Crippen LogP contribution in [0.5, 0.6) is 0 Å². The van der Waals surface area contributed by atoms with Gasteiger partial charge in [0, 0.05) is 19.6 Å². The van der Waals surface area contributed by atoms with Gasteiger partial charge in [0.25, 0.3) is 0 Å². The molecule has 0 bridgehead atoms. The molecule has 0 aromatic carbocycles. The van der Waals surface area contributed by atoms with Crippen LogP contribution in [0.25, 0.3) is 0 Å². The van der Waals surface area contributed by atoms with E-state index in [0.717, 1.165) is 13.0 Å². The molecule has 3 atom stereocenters. The third-order valence-corrected chi connectivity index (χ3v) is 3.11. The van der Waals surface area contributed by atoms with Crippen LogP contribution in [-0.2, 0) is 9.47 Å². The van der Waals surface area contributed by atoms with Crippen molar-refractivity contribution in [1.29, 1.82) is 0 Å². The molecule has 1 heterocycles. The van der Waals surface area contributed by atoms with Gasteiger partial charge in [0.2, 0.25) is 0 Å². The average molecular weight is 158 g/mol. The molecule has 1 rings (SSSR count). The highest BCUT2D eigenvalue weighted by molar-refractivity contribution is 4.87. The molecule has 1 aliphatic heterocycles. The Morgan fingerprint density at radius 2 is 2.09 bits per heavy atom. The van der Waals surface area contributed by atoms with E-state index >= 15 is 0 Å². The minimum Gasteiger partial charge on any atom is -0.378 e. The largest absolute Gasteiger partial charge is 0.378 e. The number of rotatable bonds is 1. The molecule has 1 fully saturated rings. The van der Waals surface area contributed by atoms with Crippen LogP contribution < -0.4 is 0 Å². The molecule has 1 saturated heterocycles. The number of hydrogen-bond donors (Lipinski definition) is 0. The lowest BCUT2D eigenvalue weighted by atomic mass is 9.82. The summed E-state index contributed by atoms with van der Waals surface area (Å²) in [5, 5.41) is 0. The van der Waals surface area contributed by atoms with Crippen LogP contribution in [0.2, 0.25) is 0 Å². The third kappa shape index (κ3) is 1.57. The molecule has 0 N–H and O–H groups in total. The van der Waals surface area contributed by atoms with E-state index in [1.807, 2.05) is 0 Å². The zero-order chi connectivity index (χ0) is 8.48. The van der Waals surface area contributed by atoms with Crippen molar-refractivity contribution in [3.8, 4) is 0 Å². The van der Waals surface area contributed by atoms with Gasteiger partial charge in [-0.3, -0.25) is 0 Å². The second-order valence-corrected chi connectivity index (χ2v) is 3.63. The van der Waals surface area contributed by atoms with Gasteiger partial charge in [0.05, 0.1) is 11.7 Å². The first-order chi connectivity index (χ1) is 5.10. The maximum Gasteiger partial charge on any atom is 0.0722 e. The predicted octanol–water partition coefficient (Wildman–Crippen LogP) is 1.84. The quantitative estimate of drug-likeness (QED) is 0.579. The van der Waals surface area contributed by atoms with E-state index < -0.39 is 0 Å². The van der Waals surface area contributed by atoms with Crippen LogP contribution in [0, 0.1) is 5.92 Å². The molecule has 0 aromatic heterocycles. The Balaban J connectivity index is 2.64. The number of ether oxygens (including phenoxy) is 2. The van der Waals surface area contributed by atoms with Crippen LogP contribution in [0.15, 0.2) is 0 Å². The van der Waals surface area contributed by atoms with Crippen LogP contribution in [0.3, 0.4) is 0 Å². The van der Waals surface area contributed by atoms with E-state index in [4.69, 9.17) is 9.47 Å². The molecule has 0 aromatic rings. The highest BCUT2D eigenvalue weighted by atomic mass is 16.5. The summed E-state index contributed by atoms with van der Waals surface area (Å²) in [5.74, 6) is 0.487. The second kappa shape index (κ2) is 3.11. The van der Waals surface area contributed by atoms with Gasteiger partial charge < -0.3 is 9.47 Å². The molecule has 0 radical (unpaired) electrons. The van der Waals surface area contributed by atoms with Crippen molar-refractivity contribution in [3.05, 3.63) is 0 Å². The normalized spacial score (nSPS) is 45.8. The Bertz CT molecular complexity index is 136. The van der Waals surface area contributed by atoms with Gasteiger partial charge in [-0.15, -0.1) is 0 Å². The SMILES string of the molecule is CO[C@]1(C)CCO[C@@H](C)C1C. The lowest BCUT2D eigenvalue weighted by molar-refractivity contribution is -0.148. The van der Waals surface area contributed by atoms with E-state index in [1.54, 1.807) is 7.11 Å². The second-order valence-electron chi connectivity index (χ2n) is 3.63. The van der Waals surface area contributed by atoms with E-state index in [1.165, 1.54) is 0 Å². The van der Waals surface area contributed by atoms with Crippen LogP contribution in [0.4, 0.5) is 0 Å². The van der Waals surface area contributed by atoms with Gasteiger partial charge in [-0.1, -0.05) is 6.92 Å². The van der Waals surface area contributed by atoms with Crippen molar-refractivity contribution >= 4 is 0 Å². The Morgan fingerprint density at radius 3 is 2.55 bits per heavy atom. The molecule has 0 spiro atoms. The van der Waals surface area contributed by atoms with Crippen molar-refractivity contribution in [2.24, 2.45) is 5.92 Å². The van der Waals surface area contributed by atoms with Gasteiger partial charge in [0.1, 0.15) is 0 Å². The fourth-order valence-corrected chi connectivity index (χ4v) is 1.60. The first kappa shape index (κ1) is 9.01. The van der Waals surface area contributed by atoms with Crippen molar-refractivity contribution < 1.29 is 9.47 Å². The van der Waals surface area contributed by atoms with Gasteiger partial charge in [-0.25, -0.2) is 0 Å². The van der Waals surface area contributed by atoms with Crippen LogP contribution >= 0.6 is 0 Å². The molecule has 1 aliphatic rings. The van der Waals surface area contributed by atoms with E-state index in [-0.39, 0.29) is 5.60 Å². The van der Waals surface area contributed by atoms with Crippen molar-refractivity contribution in [3.63, 3.8) is 0 Å². The highest BCUT2D eigenvalue weighted by Crippen LogP contribution is 2.32. The fourth-order valence-electron chi connectivity index (χ4n) is 1.60. The van der Waals surface area contributed by atoms with E-state index in [0.29, 0.717) is 12.0 Å². The predicted molar refractivity (Wildman–Crippen MR) is 44.6 cm³/mol. The average Bonchev–Trinajstić information content (AvgIpc) is 2.00. The van der Waals surface area contributed by atoms with Crippen molar-refractivity contribution in [1.82, 2.24) is 0 Å². The summed E-state index contributed by atoms with van der Waals surface area (Å²) in [6.45, 7) is 7.29. The highest BCUT2D eigenvalue weighted by Gasteiger charge is 2.38. The number of methoxy groups -OCH3 is 1. The number of hydrogen-bond acceptors (Lipinski definition) is 2. The molecular formula is C9H18O2. The summed E-state index contributed by atoms with van der Waals surface area (Å²) in [4.78, 5) is 0. The summed E-state index contributed by atoms with van der Waals surface area (Å²) in [6.07, 6.45) is 1.34. The summed E-state index contributed by atoms with van der Waals surface area (Å²) in [6, 6.07) is 0. The smallest absolute Gasteiger partial charge is 0.0722 e. The zero-order valence-electron chi connectivity index (χ0n) is 7.89. The monoisotopic (exact) mass is 158 g/mol.